The highest BCUT2D eigenvalue weighted by Gasteiger charge is 2.37. The molecule has 0 unspecified atom stereocenters. The van der Waals surface area contributed by atoms with E-state index in [9.17, 15) is 13.2 Å². The van der Waals surface area contributed by atoms with Crippen molar-refractivity contribution >= 4 is 23.2 Å². The summed E-state index contributed by atoms with van der Waals surface area (Å²) in [5.41, 5.74) is -1.08. The molecule has 0 amide bonds. The first kappa shape index (κ1) is 26.3. The van der Waals surface area contributed by atoms with Crippen LogP contribution in [0.2, 0.25) is 5.15 Å². The molecule has 0 bridgehead atoms. The summed E-state index contributed by atoms with van der Waals surface area (Å²) in [7, 11) is 2.07. The molecule has 0 aliphatic carbocycles. The summed E-state index contributed by atoms with van der Waals surface area (Å²) in [5.74, 6) is -2.73. The van der Waals surface area contributed by atoms with Crippen LogP contribution in [0.15, 0.2) is 18.5 Å². The van der Waals surface area contributed by atoms with Gasteiger partial charge >= 0.3 is 6.18 Å². The lowest BCUT2D eigenvalue weighted by Gasteiger charge is -2.32. The van der Waals surface area contributed by atoms with E-state index in [1.807, 2.05) is 0 Å². The van der Waals surface area contributed by atoms with Crippen LogP contribution in [0.4, 0.5) is 27.8 Å². The summed E-state index contributed by atoms with van der Waals surface area (Å²) < 4.78 is 76.6. The molecule has 1 aliphatic rings. The van der Waals surface area contributed by atoms with Gasteiger partial charge in [-0.05, 0) is 20.4 Å². The number of fused-ring (bicyclic) bond motifs is 1. The average molecular weight is 534 g/mol. The van der Waals surface area contributed by atoms with Crippen molar-refractivity contribution in [3.8, 4) is 16.9 Å². The molecule has 1 fully saturated rings. The normalized spacial score (nSPS) is 16.4. The highest BCUT2D eigenvalue weighted by atomic mass is 35.5. The van der Waals surface area contributed by atoms with Crippen molar-refractivity contribution in [1.29, 1.82) is 0 Å². The average Bonchev–Trinajstić information content (AvgIpc) is 3.26. The Morgan fingerprint density at radius 1 is 1.11 bits per heavy atom. The maximum Gasteiger partial charge on any atom is 0.408 e. The van der Waals surface area contributed by atoms with Gasteiger partial charge in [0.15, 0.2) is 0 Å². The molecule has 2 aromatic heterocycles. The zero-order chi connectivity index (χ0) is 26.0. The van der Waals surface area contributed by atoms with Crippen molar-refractivity contribution in [3.05, 3.63) is 35.2 Å². The smallest absolute Gasteiger partial charge is 0.408 e. The molecule has 1 aromatic carbocycles. The fourth-order valence-electron chi connectivity index (χ4n) is 3.88. The maximum absolute atomic E-state index is 15.2. The molecule has 1 N–H and O–H groups in total. The number of aromatic nitrogens is 4. The number of halogens is 6. The summed E-state index contributed by atoms with van der Waals surface area (Å²) in [5, 5.41) is 5.59. The number of alkyl halides is 3. The van der Waals surface area contributed by atoms with Gasteiger partial charge in [-0.3, -0.25) is 0 Å². The van der Waals surface area contributed by atoms with Crippen molar-refractivity contribution < 1.29 is 26.7 Å². The summed E-state index contributed by atoms with van der Waals surface area (Å²) in [6.45, 7) is 5.75. The van der Waals surface area contributed by atoms with Gasteiger partial charge in [0.05, 0.1) is 17.7 Å². The van der Waals surface area contributed by atoms with E-state index in [0.717, 1.165) is 62.6 Å². The second kappa shape index (κ2) is 10.7. The highest BCUT2D eigenvalue weighted by Crippen LogP contribution is 2.39. The summed E-state index contributed by atoms with van der Waals surface area (Å²) >= 11 is 6.18. The zero-order valence-electron chi connectivity index (χ0n) is 19.6. The quantitative estimate of drug-likeness (QED) is 0.265. The Bertz CT molecular complexity index is 1190. The molecule has 0 radical (unpaired) electrons. The van der Waals surface area contributed by atoms with E-state index < -0.39 is 46.0 Å². The predicted octanol–water partition coefficient (Wildman–Crippen LogP) is 4.10. The molecule has 36 heavy (non-hydrogen) atoms. The number of nitrogens with zero attached hydrogens (tertiary/aromatic N) is 6. The topological polar surface area (TPSA) is 70.8 Å². The molecule has 1 saturated heterocycles. The fourth-order valence-corrected chi connectivity index (χ4v) is 4.14. The van der Waals surface area contributed by atoms with Gasteiger partial charge in [-0.1, -0.05) is 11.6 Å². The van der Waals surface area contributed by atoms with E-state index in [0.29, 0.717) is 6.42 Å². The first-order valence-electron chi connectivity index (χ1n) is 11.3. The first-order chi connectivity index (χ1) is 17.0. The molecule has 0 saturated carbocycles. The summed E-state index contributed by atoms with van der Waals surface area (Å²) in [6.07, 6.45) is -2.95. The van der Waals surface area contributed by atoms with E-state index in [1.54, 1.807) is 0 Å². The third kappa shape index (κ3) is 5.79. The lowest BCUT2D eigenvalue weighted by atomic mass is 10.1. The van der Waals surface area contributed by atoms with Crippen LogP contribution < -0.4 is 10.1 Å². The van der Waals surface area contributed by atoms with Crippen LogP contribution in [0.5, 0.6) is 5.75 Å². The molecule has 8 nitrogen and oxygen atoms in total. The van der Waals surface area contributed by atoms with Gasteiger partial charge < -0.3 is 19.9 Å². The maximum atomic E-state index is 15.2. The first-order valence-corrected chi connectivity index (χ1v) is 11.7. The molecule has 14 heteroatoms. The van der Waals surface area contributed by atoms with Crippen molar-refractivity contribution in [1.82, 2.24) is 29.4 Å². The van der Waals surface area contributed by atoms with Gasteiger partial charge in [-0.15, -0.1) is 0 Å². The van der Waals surface area contributed by atoms with E-state index >= 15 is 8.78 Å². The SMILES string of the molecule is C[C@@H](Nc1c(-c2c(F)cc(OCCCN3CCN(C)CC3)cc2F)c(Cl)nc2ncnn12)C(F)(F)F. The molecule has 0 spiro atoms. The molecular weight excluding hydrogens is 509 g/mol. The Morgan fingerprint density at radius 2 is 1.78 bits per heavy atom. The van der Waals surface area contributed by atoms with Crippen LogP contribution in [-0.2, 0) is 0 Å². The molecule has 4 rings (SSSR count). The molecule has 196 valence electrons. The van der Waals surface area contributed by atoms with Gasteiger partial charge in [-0.25, -0.2) is 8.78 Å². The number of piperazine rings is 1. The Labute approximate surface area is 209 Å². The van der Waals surface area contributed by atoms with Gasteiger partial charge in [0.25, 0.3) is 5.78 Å². The van der Waals surface area contributed by atoms with Crippen molar-refractivity contribution in [2.24, 2.45) is 0 Å². The lowest BCUT2D eigenvalue weighted by molar-refractivity contribution is -0.138. The minimum absolute atomic E-state index is 0.0452. The Kier molecular flexibility index (Phi) is 7.81. The molecular formula is C22H25ClF5N7O. The number of anilines is 1. The number of hydrogen-bond acceptors (Lipinski definition) is 7. The largest absolute Gasteiger partial charge is 0.493 e. The van der Waals surface area contributed by atoms with Gasteiger partial charge in [-0.2, -0.15) is 32.8 Å². The van der Waals surface area contributed by atoms with E-state index in [1.165, 1.54) is 0 Å². The third-order valence-corrected chi connectivity index (χ3v) is 6.25. The number of likely N-dealkylation sites (N-methyl/N-ethyl adjacent to an activating group) is 1. The van der Waals surface area contributed by atoms with Gasteiger partial charge in [0.1, 0.15) is 40.7 Å². The standard InChI is InChI=1S/C22H25ClF5N7O/c1-13(22(26,27)28)31-20-18(19(23)32-21-29-12-30-35(20)21)17-15(24)10-14(11-16(17)25)36-9-3-4-34-7-5-33(2)6-8-34/h10-13,31H,3-9H2,1-2H3/t13-/m1/s1. The van der Waals surface area contributed by atoms with Crippen molar-refractivity contribution in [2.45, 2.75) is 25.6 Å². The second-order valence-corrected chi connectivity index (χ2v) is 8.97. The van der Waals surface area contributed by atoms with Crippen LogP contribution in [0.25, 0.3) is 16.9 Å². The van der Waals surface area contributed by atoms with Crippen molar-refractivity contribution in [3.63, 3.8) is 0 Å². The third-order valence-electron chi connectivity index (χ3n) is 5.98. The zero-order valence-corrected chi connectivity index (χ0v) is 20.4. The van der Waals surface area contributed by atoms with E-state index in [2.05, 4.69) is 37.2 Å². The number of benzene rings is 1. The number of ether oxygens (including phenoxy) is 1. The van der Waals surface area contributed by atoms with Crippen LogP contribution in [0.1, 0.15) is 13.3 Å². The van der Waals surface area contributed by atoms with Crippen LogP contribution in [-0.4, -0.2) is 88.0 Å². The summed E-state index contributed by atoms with van der Waals surface area (Å²) in [6, 6.07) is -0.156. The minimum Gasteiger partial charge on any atom is -0.493 e. The van der Waals surface area contributed by atoms with Crippen LogP contribution >= 0.6 is 11.6 Å². The lowest BCUT2D eigenvalue weighted by Crippen LogP contribution is -2.44. The minimum atomic E-state index is -4.65. The Morgan fingerprint density at radius 3 is 2.42 bits per heavy atom. The number of hydrogen-bond donors (Lipinski definition) is 1. The Hall–Kier alpha value is -2.77. The van der Waals surface area contributed by atoms with E-state index in [4.69, 9.17) is 16.3 Å². The van der Waals surface area contributed by atoms with Crippen molar-refractivity contribution in [2.75, 3.05) is 51.7 Å². The fraction of sp³-hybridized carbons (Fsp3) is 0.500. The Balaban J connectivity index is 1.57. The highest BCUT2D eigenvalue weighted by molar-refractivity contribution is 6.33. The molecule has 3 heterocycles. The number of nitrogens with one attached hydrogen (secondary N) is 1. The molecule has 3 aromatic rings. The monoisotopic (exact) mass is 533 g/mol. The van der Waals surface area contributed by atoms with Crippen LogP contribution in [0, 0.1) is 11.6 Å². The van der Waals surface area contributed by atoms with Gasteiger partial charge in [0.2, 0.25) is 0 Å². The van der Waals surface area contributed by atoms with E-state index in [-0.39, 0.29) is 18.1 Å². The van der Waals surface area contributed by atoms with Crippen LogP contribution in [0.3, 0.4) is 0 Å². The molecule has 1 atom stereocenters. The molecule has 1 aliphatic heterocycles. The number of rotatable bonds is 8. The predicted molar refractivity (Wildman–Crippen MR) is 124 cm³/mol. The summed E-state index contributed by atoms with van der Waals surface area (Å²) in [4.78, 5) is 12.3. The second-order valence-electron chi connectivity index (χ2n) is 8.61. The van der Waals surface area contributed by atoms with Gasteiger partial charge in [0, 0.05) is 44.9 Å².